The molecule has 1 amide bonds. The summed E-state index contributed by atoms with van der Waals surface area (Å²) in [5.74, 6) is 0.0265. The first kappa shape index (κ1) is 11.7. The highest BCUT2D eigenvalue weighted by molar-refractivity contribution is 9.10. The summed E-state index contributed by atoms with van der Waals surface area (Å²) in [5.41, 5.74) is 5.49. The van der Waals surface area contributed by atoms with Crippen LogP contribution >= 0.6 is 27.3 Å². The Morgan fingerprint density at radius 2 is 2.43 bits per heavy atom. The minimum atomic E-state index is 0.0265. The molecular formula is C9H13BrN2OS. The van der Waals surface area contributed by atoms with Gasteiger partial charge in [0.2, 0.25) is 0 Å². The van der Waals surface area contributed by atoms with E-state index >= 15 is 0 Å². The zero-order chi connectivity index (χ0) is 10.7. The molecule has 0 saturated carbocycles. The van der Waals surface area contributed by atoms with Crippen LogP contribution < -0.4 is 5.73 Å². The third kappa shape index (κ3) is 2.56. The van der Waals surface area contributed by atoms with Crippen LogP contribution in [-0.4, -0.2) is 30.4 Å². The number of nitrogens with two attached hydrogens (primary N) is 1. The van der Waals surface area contributed by atoms with Crippen molar-refractivity contribution in [3.05, 3.63) is 20.8 Å². The van der Waals surface area contributed by atoms with Crippen LogP contribution in [0.1, 0.15) is 16.6 Å². The van der Waals surface area contributed by atoms with Crippen molar-refractivity contribution in [1.82, 2.24) is 4.90 Å². The highest BCUT2D eigenvalue weighted by Gasteiger charge is 2.17. The average molecular weight is 277 g/mol. The van der Waals surface area contributed by atoms with E-state index in [1.165, 1.54) is 11.3 Å². The Labute approximate surface area is 96.0 Å². The molecule has 0 aliphatic rings. The maximum Gasteiger partial charge on any atom is 0.263 e. The van der Waals surface area contributed by atoms with Crippen molar-refractivity contribution in [1.29, 1.82) is 0 Å². The zero-order valence-corrected chi connectivity index (χ0v) is 10.6. The van der Waals surface area contributed by atoms with Crippen LogP contribution in [0.2, 0.25) is 0 Å². The van der Waals surface area contributed by atoms with Crippen LogP contribution in [0.25, 0.3) is 0 Å². The summed E-state index contributed by atoms with van der Waals surface area (Å²) in [4.78, 5) is 14.2. The Morgan fingerprint density at radius 3 is 2.86 bits per heavy atom. The molecular weight excluding hydrogens is 264 g/mol. The molecule has 3 nitrogen and oxygen atoms in total. The minimum Gasteiger partial charge on any atom is -0.337 e. The second-order valence-corrected chi connectivity index (χ2v) is 4.96. The van der Waals surface area contributed by atoms with Crippen molar-refractivity contribution in [3.63, 3.8) is 0 Å². The Hall–Kier alpha value is -0.390. The van der Waals surface area contributed by atoms with Gasteiger partial charge < -0.3 is 10.6 Å². The maximum absolute atomic E-state index is 11.8. The van der Waals surface area contributed by atoms with Gasteiger partial charge in [0.15, 0.2) is 0 Å². The van der Waals surface area contributed by atoms with Gasteiger partial charge in [-0.05, 0) is 28.9 Å². The molecule has 0 spiro atoms. The quantitative estimate of drug-likeness (QED) is 0.917. The number of rotatable bonds is 3. The van der Waals surface area contributed by atoms with Gasteiger partial charge in [-0.15, -0.1) is 11.3 Å². The first-order valence-electron chi connectivity index (χ1n) is 4.27. The fourth-order valence-corrected chi connectivity index (χ4v) is 2.37. The van der Waals surface area contributed by atoms with Gasteiger partial charge >= 0.3 is 0 Å². The van der Waals surface area contributed by atoms with Crippen molar-refractivity contribution in [2.24, 2.45) is 5.73 Å². The predicted molar refractivity (Wildman–Crippen MR) is 62.6 cm³/mol. The van der Waals surface area contributed by atoms with E-state index in [2.05, 4.69) is 15.9 Å². The molecule has 1 aromatic rings. The van der Waals surface area contributed by atoms with Gasteiger partial charge in [0.05, 0.1) is 4.88 Å². The van der Waals surface area contributed by atoms with Crippen LogP contribution in [0.3, 0.4) is 0 Å². The van der Waals surface area contributed by atoms with Gasteiger partial charge in [0.1, 0.15) is 0 Å². The Morgan fingerprint density at radius 1 is 1.79 bits per heavy atom. The number of hydrogen-bond donors (Lipinski definition) is 1. The van der Waals surface area contributed by atoms with Crippen molar-refractivity contribution in [2.75, 3.05) is 13.6 Å². The summed E-state index contributed by atoms with van der Waals surface area (Å²) in [6.45, 7) is 2.41. The summed E-state index contributed by atoms with van der Waals surface area (Å²) in [7, 11) is 1.77. The molecule has 14 heavy (non-hydrogen) atoms. The molecule has 0 fully saturated rings. The summed E-state index contributed by atoms with van der Waals surface area (Å²) in [5, 5.41) is 1.90. The van der Waals surface area contributed by atoms with E-state index in [4.69, 9.17) is 5.73 Å². The summed E-state index contributed by atoms with van der Waals surface area (Å²) in [6.07, 6.45) is 0. The molecule has 0 aliphatic carbocycles. The standard InChI is InChI=1S/C9H13BrN2OS/c1-6(4-11)12(2)9(13)8-3-7(10)5-14-8/h3,5-6H,4,11H2,1-2H3. The number of likely N-dealkylation sites (N-methyl/N-ethyl adjacent to an activating group) is 1. The van der Waals surface area contributed by atoms with Gasteiger partial charge in [0, 0.05) is 29.5 Å². The lowest BCUT2D eigenvalue weighted by Crippen LogP contribution is -2.39. The smallest absolute Gasteiger partial charge is 0.263 e. The minimum absolute atomic E-state index is 0.0265. The Balaban J connectivity index is 2.75. The third-order valence-corrected chi connectivity index (χ3v) is 3.78. The lowest BCUT2D eigenvalue weighted by Gasteiger charge is -2.22. The van der Waals surface area contributed by atoms with E-state index in [1.807, 2.05) is 18.4 Å². The molecule has 1 atom stereocenters. The normalized spacial score (nSPS) is 12.6. The second-order valence-electron chi connectivity index (χ2n) is 3.13. The van der Waals surface area contributed by atoms with E-state index in [-0.39, 0.29) is 11.9 Å². The van der Waals surface area contributed by atoms with E-state index in [1.54, 1.807) is 11.9 Å². The van der Waals surface area contributed by atoms with E-state index in [0.717, 1.165) is 9.35 Å². The summed E-state index contributed by atoms with van der Waals surface area (Å²) in [6, 6.07) is 1.90. The first-order valence-corrected chi connectivity index (χ1v) is 5.94. The van der Waals surface area contributed by atoms with Crippen LogP contribution in [-0.2, 0) is 0 Å². The molecule has 0 bridgehead atoms. The molecule has 1 unspecified atom stereocenters. The van der Waals surface area contributed by atoms with Crippen LogP contribution in [0.15, 0.2) is 15.9 Å². The SMILES string of the molecule is CC(CN)N(C)C(=O)c1cc(Br)cs1. The third-order valence-electron chi connectivity index (χ3n) is 2.10. The van der Waals surface area contributed by atoms with Crippen LogP contribution in [0.4, 0.5) is 0 Å². The van der Waals surface area contributed by atoms with Gasteiger partial charge in [-0.3, -0.25) is 4.79 Å². The summed E-state index contributed by atoms with van der Waals surface area (Å²) >= 11 is 4.75. The molecule has 2 N–H and O–H groups in total. The number of thiophene rings is 1. The number of carbonyl (C=O) groups excluding carboxylic acids is 1. The predicted octanol–water partition coefficient (Wildman–Crippen LogP) is 1.93. The molecule has 78 valence electrons. The van der Waals surface area contributed by atoms with Crippen LogP contribution in [0, 0.1) is 0 Å². The first-order chi connectivity index (χ1) is 6.56. The molecule has 1 aromatic heterocycles. The summed E-state index contributed by atoms with van der Waals surface area (Å²) < 4.78 is 0.944. The number of nitrogens with zero attached hydrogens (tertiary/aromatic N) is 1. The molecule has 1 heterocycles. The van der Waals surface area contributed by atoms with Gasteiger partial charge in [-0.2, -0.15) is 0 Å². The monoisotopic (exact) mass is 276 g/mol. The topological polar surface area (TPSA) is 46.3 Å². The fourth-order valence-electron chi connectivity index (χ4n) is 0.957. The van der Waals surface area contributed by atoms with E-state index in [9.17, 15) is 4.79 Å². The number of hydrogen-bond acceptors (Lipinski definition) is 3. The second kappa shape index (κ2) is 4.91. The van der Waals surface area contributed by atoms with E-state index in [0.29, 0.717) is 6.54 Å². The highest BCUT2D eigenvalue weighted by atomic mass is 79.9. The van der Waals surface area contributed by atoms with Crippen molar-refractivity contribution < 1.29 is 4.79 Å². The fraction of sp³-hybridized carbons (Fsp3) is 0.444. The van der Waals surface area contributed by atoms with Gasteiger partial charge in [-0.25, -0.2) is 0 Å². The zero-order valence-electron chi connectivity index (χ0n) is 8.16. The van der Waals surface area contributed by atoms with Gasteiger partial charge in [-0.1, -0.05) is 0 Å². The highest BCUT2D eigenvalue weighted by Crippen LogP contribution is 2.21. The van der Waals surface area contributed by atoms with Crippen molar-refractivity contribution in [3.8, 4) is 0 Å². The number of carbonyl (C=O) groups is 1. The average Bonchev–Trinajstić information content (AvgIpc) is 2.61. The molecule has 1 rings (SSSR count). The number of halogens is 1. The Kier molecular flexibility index (Phi) is 4.10. The van der Waals surface area contributed by atoms with Crippen LogP contribution in [0.5, 0.6) is 0 Å². The molecule has 0 radical (unpaired) electrons. The molecule has 0 aliphatic heterocycles. The van der Waals surface area contributed by atoms with Crippen molar-refractivity contribution in [2.45, 2.75) is 13.0 Å². The molecule has 0 saturated heterocycles. The lowest BCUT2D eigenvalue weighted by atomic mass is 10.3. The van der Waals surface area contributed by atoms with Crippen molar-refractivity contribution >= 4 is 33.2 Å². The maximum atomic E-state index is 11.8. The molecule has 0 aromatic carbocycles. The lowest BCUT2D eigenvalue weighted by molar-refractivity contribution is 0.0753. The Bertz CT molecular complexity index is 326. The number of amides is 1. The largest absolute Gasteiger partial charge is 0.337 e. The molecule has 5 heteroatoms. The van der Waals surface area contributed by atoms with E-state index < -0.39 is 0 Å². The van der Waals surface area contributed by atoms with Gasteiger partial charge in [0.25, 0.3) is 5.91 Å².